The molecule has 7 heteroatoms. The first kappa shape index (κ1) is 13.9. The Morgan fingerprint density at radius 2 is 1.64 bits per heavy atom. The molecule has 86 valence electrons. The average molecular weight is 243 g/mol. The Bertz CT molecular complexity index is 357. The molecule has 0 fully saturated rings. The minimum Gasteiger partial charge on any atom is -0.330 e. The molecule has 2 N–H and O–H groups in total. The summed E-state index contributed by atoms with van der Waals surface area (Å²) in [7, 11) is -6.53. The highest BCUT2D eigenvalue weighted by molar-refractivity contribution is 7.95. The molecule has 0 aromatic rings. The normalized spacial score (nSPS) is 15.4. The van der Waals surface area contributed by atoms with E-state index < -0.39 is 24.9 Å². The zero-order valence-electron chi connectivity index (χ0n) is 8.43. The average Bonchev–Trinajstić information content (AvgIpc) is 2.00. The van der Waals surface area contributed by atoms with Crippen LogP contribution in [0.15, 0.2) is 0 Å². The van der Waals surface area contributed by atoms with Gasteiger partial charge in [-0.25, -0.2) is 16.8 Å². The Balaban J connectivity index is 4.36. The van der Waals surface area contributed by atoms with Crippen molar-refractivity contribution in [1.29, 1.82) is 0 Å². The molecule has 0 radical (unpaired) electrons. The molecule has 0 aliphatic heterocycles. The maximum Gasteiger partial charge on any atom is 0.153 e. The molecule has 0 rings (SSSR count). The first-order valence-corrected chi connectivity index (χ1v) is 8.06. The monoisotopic (exact) mass is 243 g/mol. The van der Waals surface area contributed by atoms with E-state index in [9.17, 15) is 16.8 Å². The second-order valence-electron chi connectivity index (χ2n) is 3.38. The van der Waals surface area contributed by atoms with E-state index in [1.165, 1.54) is 0 Å². The van der Waals surface area contributed by atoms with E-state index in [1.807, 2.05) is 0 Å². The van der Waals surface area contributed by atoms with E-state index in [4.69, 9.17) is 5.73 Å². The molecule has 0 saturated heterocycles. The smallest absolute Gasteiger partial charge is 0.153 e. The third-order valence-electron chi connectivity index (χ3n) is 1.92. The lowest BCUT2D eigenvalue weighted by Crippen LogP contribution is -2.27. The number of rotatable bonds is 6. The van der Waals surface area contributed by atoms with Gasteiger partial charge in [-0.15, -0.1) is 0 Å². The fourth-order valence-electron chi connectivity index (χ4n) is 0.883. The van der Waals surface area contributed by atoms with Crippen LogP contribution in [0.1, 0.15) is 13.3 Å². The van der Waals surface area contributed by atoms with Crippen molar-refractivity contribution in [3.63, 3.8) is 0 Å². The predicted octanol–water partition coefficient (Wildman–Crippen LogP) is -0.817. The van der Waals surface area contributed by atoms with Gasteiger partial charge in [-0.1, -0.05) is 0 Å². The summed E-state index contributed by atoms with van der Waals surface area (Å²) in [6.45, 7) is 1.84. The van der Waals surface area contributed by atoms with E-state index in [2.05, 4.69) is 0 Å². The lowest BCUT2D eigenvalue weighted by Gasteiger charge is -2.10. The molecular weight excluding hydrogens is 226 g/mol. The van der Waals surface area contributed by atoms with Gasteiger partial charge in [-0.05, 0) is 19.9 Å². The van der Waals surface area contributed by atoms with Gasteiger partial charge in [0.25, 0.3) is 0 Å². The van der Waals surface area contributed by atoms with Crippen LogP contribution >= 0.6 is 0 Å². The highest BCUT2D eigenvalue weighted by Crippen LogP contribution is 2.06. The Hall–Kier alpha value is -0.140. The molecule has 1 atom stereocenters. The Labute approximate surface area is 85.5 Å². The van der Waals surface area contributed by atoms with Crippen molar-refractivity contribution < 1.29 is 16.8 Å². The van der Waals surface area contributed by atoms with E-state index in [0.29, 0.717) is 13.0 Å². The Morgan fingerprint density at radius 3 is 2.00 bits per heavy atom. The SMILES string of the molecule is CC(CCN)S(=O)(=O)CCS(C)(=O)=O. The minimum atomic E-state index is -3.31. The van der Waals surface area contributed by atoms with Gasteiger partial charge in [0.05, 0.1) is 16.8 Å². The fourth-order valence-corrected chi connectivity index (χ4v) is 3.92. The van der Waals surface area contributed by atoms with Crippen molar-refractivity contribution in [3.05, 3.63) is 0 Å². The number of nitrogens with two attached hydrogens (primary N) is 1. The predicted molar refractivity (Wildman–Crippen MR) is 56.6 cm³/mol. The summed E-state index contributed by atoms with van der Waals surface area (Å²) in [5.74, 6) is -0.628. The van der Waals surface area contributed by atoms with Crippen molar-refractivity contribution in [2.75, 3.05) is 24.3 Å². The minimum absolute atomic E-state index is 0.291. The zero-order valence-corrected chi connectivity index (χ0v) is 10.1. The molecule has 0 spiro atoms. The van der Waals surface area contributed by atoms with Crippen LogP contribution in [0.3, 0.4) is 0 Å². The first-order valence-electron chi connectivity index (χ1n) is 4.28. The molecule has 0 aliphatic rings. The van der Waals surface area contributed by atoms with Gasteiger partial charge >= 0.3 is 0 Å². The Morgan fingerprint density at radius 1 is 1.14 bits per heavy atom. The summed E-state index contributed by atoms with van der Waals surface area (Å²) in [6.07, 6.45) is 1.39. The van der Waals surface area contributed by atoms with Crippen LogP contribution in [-0.4, -0.2) is 46.4 Å². The van der Waals surface area contributed by atoms with E-state index in [-0.39, 0.29) is 11.5 Å². The largest absolute Gasteiger partial charge is 0.330 e. The topological polar surface area (TPSA) is 94.3 Å². The highest BCUT2D eigenvalue weighted by Gasteiger charge is 2.21. The lowest BCUT2D eigenvalue weighted by atomic mass is 10.3. The van der Waals surface area contributed by atoms with Crippen LogP contribution in [0.5, 0.6) is 0 Å². The number of sulfone groups is 2. The third kappa shape index (κ3) is 5.56. The molecule has 0 saturated carbocycles. The quantitative estimate of drug-likeness (QED) is 0.658. The van der Waals surface area contributed by atoms with Crippen LogP contribution in [0.4, 0.5) is 0 Å². The van der Waals surface area contributed by atoms with Crippen LogP contribution in [0.2, 0.25) is 0 Å². The van der Waals surface area contributed by atoms with Gasteiger partial charge in [-0.2, -0.15) is 0 Å². The summed E-state index contributed by atoms with van der Waals surface area (Å²) in [6, 6.07) is 0. The highest BCUT2D eigenvalue weighted by atomic mass is 32.2. The van der Waals surface area contributed by atoms with Crippen molar-refractivity contribution in [2.24, 2.45) is 5.73 Å². The summed E-state index contributed by atoms with van der Waals surface area (Å²) >= 11 is 0. The van der Waals surface area contributed by atoms with E-state index in [0.717, 1.165) is 6.26 Å². The summed E-state index contributed by atoms with van der Waals surface area (Å²) < 4.78 is 44.4. The van der Waals surface area contributed by atoms with E-state index >= 15 is 0 Å². The molecular formula is C7H17NO4S2. The van der Waals surface area contributed by atoms with Gasteiger partial charge in [-0.3, -0.25) is 0 Å². The van der Waals surface area contributed by atoms with Crippen LogP contribution < -0.4 is 5.73 Å². The molecule has 0 aliphatic carbocycles. The first-order chi connectivity index (χ1) is 6.19. The molecule has 1 unspecified atom stereocenters. The van der Waals surface area contributed by atoms with Gasteiger partial charge in [0.15, 0.2) is 9.84 Å². The maximum absolute atomic E-state index is 11.4. The van der Waals surface area contributed by atoms with Gasteiger partial charge in [0, 0.05) is 6.26 Å². The van der Waals surface area contributed by atoms with Crippen LogP contribution in [0.25, 0.3) is 0 Å². The number of hydrogen-bond donors (Lipinski definition) is 1. The lowest BCUT2D eigenvalue weighted by molar-refractivity contribution is 0.576. The molecule has 0 heterocycles. The maximum atomic E-state index is 11.4. The Kier molecular flexibility index (Phi) is 5.03. The van der Waals surface area contributed by atoms with Crippen molar-refractivity contribution in [1.82, 2.24) is 0 Å². The summed E-state index contributed by atoms with van der Waals surface area (Å²) in [5.41, 5.74) is 5.23. The van der Waals surface area contributed by atoms with Crippen molar-refractivity contribution >= 4 is 19.7 Å². The molecule has 0 aromatic carbocycles. The summed E-state index contributed by atoms with van der Waals surface area (Å²) in [4.78, 5) is 0. The second-order valence-corrected chi connectivity index (χ2v) is 8.18. The van der Waals surface area contributed by atoms with E-state index in [1.54, 1.807) is 6.92 Å². The van der Waals surface area contributed by atoms with Crippen molar-refractivity contribution in [2.45, 2.75) is 18.6 Å². The van der Waals surface area contributed by atoms with Crippen LogP contribution in [-0.2, 0) is 19.7 Å². The third-order valence-corrected chi connectivity index (χ3v) is 5.36. The molecule has 5 nitrogen and oxygen atoms in total. The van der Waals surface area contributed by atoms with Crippen LogP contribution in [0, 0.1) is 0 Å². The molecule has 0 bridgehead atoms. The zero-order chi connectivity index (χ0) is 11.4. The van der Waals surface area contributed by atoms with Gasteiger partial charge < -0.3 is 5.73 Å². The number of hydrogen-bond acceptors (Lipinski definition) is 5. The second kappa shape index (κ2) is 5.09. The summed E-state index contributed by atoms with van der Waals surface area (Å²) in [5, 5.41) is -0.561. The molecule has 0 aromatic heterocycles. The molecule has 0 amide bonds. The van der Waals surface area contributed by atoms with Crippen molar-refractivity contribution in [3.8, 4) is 0 Å². The van der Waals surface area contributed by atoms with Gasteiger partial charge in [0.2, 0.25) is 0 Å². The van der Waals surface area contributed by atoms with Gasteiger partial charge in [0.1, 0.15) is 9.84 Å². The molecule has 14 heavy (non-hydrogen) atoms. The standard InChI is InChI=1S/C7H17NO4S2/c1-7(3-4-8)14(11,12)6-5-13(2,9)10/h7H,3-6,8H2,1-2H3. The fraction of sp³-hybridized carbons (Fsp3) is 1.00.